The molecule has 0 saturated carbocycles. The lowest BCUT2D eigenvalue weighted by Gasteiger charge is -2.15. The first-order valence-corrected chi connectivity index (χ1v) is 15.1. The lowest BCUT2D eigenvalue weighted by atomic mass is 10.1. The first kappa shape index (κ1) is 23.1. The Balaban J connectivity index is 1.73. The van der Waals surface area contributed by atoms with Gasteiger partial charge in [0.25, 0.3) is 0 Å². The van der Waals surface area contributed by atoms with Gasteiger partial charge in [-0.15, -0.1) is 0 Å². The van der Waals surface area contributed by atoms with Crippen LogP contribution in [0.15, 0.2) is 54.9 Å². The molecule has 0 aliphatic carbocycles. The molecule has 3 aromatic heterocycles. The van der Waals surface area contributed by atoms with E-state index < -0.39 is 8.07 Å². The van der Waals surface area contributed by atoms with Crippen LogP contribution < -0.4 is 4.74 Å². The van der Waals surface area contributed by atoms with Gasteiger partial charge in [0.15, 0.2) is 0 Å². The van der Waals surface area contributed by atoms with Gasteiger partial charge in [-0.2, -0.15) is 4.98 Å². The van der Waals surface area contributed by atoms with E-state index in [1.165, 1.54) is 0 Å². The van der Waals surface area contributed by atoms with Gasteiger partial charge in [-0.05, 0) is 43.2 Å². The molecule has 1 aromatic carbocycles. The Hall–Kier alpha value is -3.03. The van der Waals surface area contributed by atoms with Crippen molar-refractivity contribution in [2.45, 2.75) is 52.9 Å². The molecule has 3 heterocycles. The molecule has 172 valence electrons. The summed E-state index contributed by atoms with van der Waals surface area (Å²) in [6, 6.07) is 15.3. The van der Waals surface area contributed by atoms with E-state index in [2.05, 4.69) is 58.6 Å². The molecule has 4 rings (SSSR count). The first-order valence-electron chi connectivity index (χ1n) is 11.4. The highest BCUT2D eigenvalue weighted by atomic mass is 28.3. The number of fused-ring (bicyclic) bond motifs is 1. The molecule has 0 aliphatic rings. The minimum atomic E-state index is -1.15. The Morgan fingerprint density at radius 2 is 1.79 bits per heavy atom. The molecule has 0 amide bonds. The van der Waals surface area contributed by atoms with Gasteiger partial charge in [0.05, 0.1) is 5.39 Å². The van der Waals surface area contributed by atoms with Crippen LogP contribution in [0, 0.1) is 13.8 Å². The largest absolute Gasteiger partial charge is 0.472 e. The Morgan fingerprint density at radius 3 is 2.52 bits per heavy atom. The zero-order valence-electron chi connectivity index (χ0n) is 20.1. The van der Waals surface area contributed by atoms with Crippen molar-refractivity contribution in [1.29, 1.82) is 0 Å². The van der Waals surface area contributed by atoms with Gasteiger partial charge in [-0.1, -0.05) is 50.0 Å². The van der Waals surface area contributed by atoms with Gasteiger partial charge >= 0.3 is 0 Å². The third-order valence-corrected chi connectivity index (χ3v) is 7.15. The van der Waals surface area contributed by atoms with E-state index in [0.717, 1.165) is 46.1 Å². The molecule has 7 heteroatoms. The molecule has 4 aromatic rings. The molecule has 0 saturated heterocycles. The molecule has 0 radical (unpaired) electrons. The van der Waals surface area contributed by atoms with Crippen LogP contribution in [0.4, 0.5) is 0 Å². The molecule has 0 N–H and O–H groups in total. The highest BCUT2D eigenvalue weighted by Crippen LogP contribution is 2.36. The second-order valence-electron chi connectivity index (χ2n) is 9.60. The van der Waals surface area contributed by atoms with Gasteiger partial charge in [0.2, 0.25) is 5.88 Å². The summed E-state index contributed by atoms with van der Waals surface area (Å²) in [5, 5.41) is 0.899. The molecular weight excluding hydrogens is 428 g/mol. The van der Waals surface area contributed by atoms with Gasteiger partial charge in [0, 0.05) is 38.3 Å². The van der Waals surface area contributed by atoms with Crippen molar-refractivity contribution >= 4 is 19.1 Å². The van der Waals surface area contributed by atoms with Crippen LogP contribution in [-0.2, 0) is 18.1 Å². The van der Waals surface area contributed by atoms with Crippen LogP contribution in [0.2, 0.25) is 25.7 Å². The van der Waals surface area contributed by atoms with E-state index in [1.54, 1.807) is 0 Å². The topological polar surface area (TPSA) is 62.1 Å². The predicted octanol–water partition coefficient (Wildman–Crippen LogP) is 6.00. The average Bonchev–Trinajstić information content (AvgIpc) is 3.13. The molecule has 0 fully saturated rings. The zero-order valence-corrected chi connectivity index (χ0v) is 21.1. The fraction of sp³-hybridized carbons (Fsp3) is 0.346. The minimum Gasteiger partial charge on any atom is -0.472 e. The lowest BCUT2D eigenvalue weighted by Crippen LogP contribution is -2.22. The Bertz CT molecular complexity index is 1230. The highest BCUT2D eigenvalue weighted by Gasteiger charge is 2.19. The normalized spacial score (nSPS) is 11.8. The fourth-order valence-corrected chi connectivity index (χ4v) is 4.42. The number of ether oxygens (including phenoxy) is 2. The van der Waals surface area contributed by atoms with Crippen molar-refractivity contribution in [3.05, 3.63) is 71.9 Å². The first-order chi connectivity index (χ1) is 15.8. The number of hydrogen-bond acceptors (Lipinski definition) is 5. The monoisotopic (exact) mass is 460 g/mol. The summed E-state index contributed by atoms with van der Waals surface area (Å²) < 4.78 is 14.4. The summed E-state index contributed by atoms with van der Waals surface area (Å²) in [7, 11) is -1.15. The quantitative estimate of drug-likeness (QED) is 0.226. The van der Waals surface area contributed by atoms with Crippen molar-refractivity contribution < 1.29 is 9.47 Å². The summed E-state index contributed by atoms with van der Waals surface area (Å²) in [5.41, 5.74) is 4.96. The summed E-state index contributed by atoms with van der Waals surface area (Å²) in [6.45, 7) is 12.6. The maximum atomic E-state index is 6.25. The van der Waals surface area contributed by atoms with Crippen LogP contribution in [0.25, 0.3) is 22.2 Å². The van der Waals surface area contributed by atoms with Crippen molar-refractivity contribution in [3.63, 3.8) is 0 Å². The SMILES string of the molecule is Cc1cc(-c2cn(COCC[Si](C)(C)C)c3nc(C)nc(OCc4ccccc4)c23)ccn1. The van der Waals surface area contributed by atoms with Crippen molar-refractivity contribution in [2.24, 2.45) is 0 Å². The molecular formula is C26H32N4O2Si. The van der Waals surface area contributed by atoms with Crippen LogP contribution in [0.5, 0.6) is 5.88 Å². The van der Waals surface area contributed by atoms with E-state index in [-0.39, 0.29) is 0 Å². The summed E-state index contributed by atoms with van der Waals surface area (Å²) >= 11 is 0. The molecule has 0 atom stereocenters. The van der Waals surface area contributed by atoms with E-state index in [9.17, 15) is 0 Å². The third kappa shape index (κ3) is 5.86. The molecule has 33 heavy (non-hydrogen) atoms. The van der Waals surface area contributed by atoms with Crippen molar-refractivity contribution in [3.8, 4) is 17.0 Å². The fourth-order valence-electron chi connectivity index (χ4n) is 3.66. The lowest BCUT2D eigenvalue weighted by molar-refractivity contribution is 0.0899. The van der Waals surface area contributed by atoms with E-state index in [4.69, 9.17) is 14.5 Å². The molecule has 0 unspecified atom stereocenters. The Labute approximate surface area is 196 Å². The van der Waals surface area contributed by atoms with Crippen molar-refractivity contribution in [2.75, 3.05) is 6.61 Å². The second-order valence-corrected chi connectivity index (χ2v) is 15.2. The Morgan fingerprint density at radius 1 is 1.00 bits per heavy atom. The van der Waals surface area contributed by atoms with Gasteiger partial charge in [-0.3, -0.25) is 4.98 Å². The van der Waals surface area contributed by atoms with Crippen molar-refractivity contribution in [1.82, 2.24) is 19.5 Å². The van der Waals surface area contributed by atoms with E-state index >= 15 is 0 Å². The summed E-state index contributed by atoms with van der Waals surface area (Å²) in [5.74, 6) is 1.26. The molecule has 0 spiro atoms. The van der Waals surface area contributed by atoms with Gasteiger partial charge in [-0.25, -0.2) is 4.98 Å². The molecule has 0 bridgehead atoms. The zero-order chi connectivity index (χ0) is 23.4. The van der Waals surface area contributed by atoms with Crippen LogP contribution >= 0.6 is 0 Å². The number of aromatic nitrogens is 4. The smallest absolute Gasteiger partial charge is 0.227 e. The third-order valence-electron chi connectivity index (χ3n) is 5.45. The Kier molecular flexibility index (Phi) is 6.90. The highest BCUT2D eigenvalue weighted by molar-refractivity contribution is 6.76. The van der Waals surface area contributed by atoms with Gasteiger partial charge in [0.1, 0.15) is 24.8 Å². The molecule has 6 nitrogen and oxygen atoms in total. The number of aryl methyl sites for hydroxylation is 2. The van der Waals surface area contributed by atoms with E-state index in [1.807, 2.05) is 44.3 Å². The maximum absolute atomic E-state index is 6.25. The number of nitrogens with zero attached hydrogens (tertiary/aromatic N) is 4. The standard InChI is InChI=1S/C26H32N4O2Si/c1-19-15-22(11-12-27-19)23-16-30(18-31-13-14-33(3,4)5)25-24(23)26(29-20(2)28-25)32-17-21-9-7-6-8-10-21/h6-12,15-16H,13-14,17-18H2,1-5H3. The number of pyridine rings is 1. The summed E-state index contributed by atoms with van der Waals surface area (Å²) in [4.78, 5) is 13.8. The van der Waals surface area contributed by atoms with Gasteiger partial charge < -0.3 is 14.0 Å². The number of benzene rings is 1. The average molecular weight is 461 g/mol. The summed E-state index contributed by atoms with van der Waals surface area (Å²) in [6.07, 6.45) is 3.93. The second kappa shape index (κ2) is 9.85. The number of rotatable bonds is 9. The van der Waals surface area contributed by atoms with Crippen LogP contribution in [-0.4, -0.2) is 34.2 Å². The minimum absolute atomic E-state index is 0.444. The maximum Gasteiger partial charge on any atom is 0.227 e. The van der Waals surface area contributed by atoms with Crippen LogP contribution in [0.3, 0.4) is 0 Å². The molecule has 0 aliphatic heterocycles. The predicted molar refractivity (Wildman–Crippen MR) is 135 cm³/mol. The number of hydrogen-bond donors (Lipinski definition) is 0. The van der Waals surface area contributed by atoms with Crippen LogP contribution in [0.1, 0.15) is 17.1 Å². The van der Waals surface area contributed by atoms with E-state index in [0.29, 0.717) is 25.0 Å².